The SMILES string of the molecule is N#Cc1ccc(C(=O)N/N=C\c2ccc(Cl)cc2)c(F)c1. The number of hydrogen-bond donors (Lipinski definition) is 1. The minimum atomic E-state index is -0.770. The normalized spacial score (nSPS) is 10.3. The maximum atomic E-state index is 13.6. The van der Waals surface area contributed by atoms with E-state index in [0.717, 1.165) is 11.6 Å². The van der Waals surface area contributed by atoms with Crippen LogP contribution < -0.4 is 5.43 Å². The largest absolute Gasteiger partial charge is 0.274 e. The Labute approximate surface area is 125 Å². The van der Waals surface area contributed by atoms with Crippen LogP contribution >= 0.6 is 11.6 Å². The van der Waals surface area contributed by atoms with E-state index in [1.165, 1.54) is 18.3 Å². The number of carbonyl (C=O) groups is 1. The van der Waals surface area contributed by atoms with Gasteiger partial charge >= 0.3 is 0 Å². The molecule has 0 saturated carbocycles. The third-order valence-corrected chi connectivity index (χ3v) is 2.84. The first-order valence-electron chi connectivity index (χ1n) is 5.89. The summed E-state index contributed by atoms with van der Waals surface area (Å²) in [5, 5.41) is 13.0. The Morgan fingerprint density at radius 3 is 2.62 bits per heavy atom. The molecule has 0 aliphatic heterocycles. The lowest BCUT2D eigenvalue weighted by atomic mass is 10.1. The van der Waals surface area contributed by atoms with Crippen molar-refractivity contribution in [2.45, 2.75) is 0 Å². The molecule has 0 atom stereocenters. The van der Waals surface area contributed by atoms with Crippen LogP contribution in [-0.4, -0.2) is 12.1 Å². The van der Waals surface area contributed by atoms with Crippen LogP contribution in [0, 0.1) is 17.1 Å². The molecule has 0 saturated heterocycles. The van der Waals surface area contributed by atoms with E-state index in [9.17, 15) is 9.18 Å². The lowest BCUT2D eigenvalue weighted by Gasteiger charge is -2.01. The van der Waals surface area contributed by atoms with Gasteiger partial charge in [-0.3, -0.25) is 4.79 Å². The molecule has 6 heteroatoms. The van der Waals surface area contributed by atoms with Crippen molar-refractivity contribution in [3.05, 3.63) is 70.0 Å². The van der Waals surface area contributed by atoms with Gasteiger partial charge in [0, 0.05) is 5.02 Å². The maximum Gasteiger partial charge on any atom is 0.274 e. The fourth-order valence-electron chi connectivity index (χ4n) is 1.54. The van der Waals surface area contributed by atoms with E-state index >= 15 is 0 Å². The average Bonchev–Trinajstić information content (AvgIpc) is 2.49. The van der Waals surface area contributed by atoms with Gasteiger partial charge in [0.25, 0.3) is 5.91 Å². The highest BCUT2D eigenvalue weighted by atomic mass is 35.5. The molecule has 0 aliphatic carbocycles. The summed E-state index contributed by atoms with van der Waals surface area (Å²) in [6.07, 6.45) is 1.41. The molecule has 0 radical (unpaired) electrons. The highest BCUT2D eigenvalue weighted by Crippen LogP contribution is 2.10. The van der Waals surface area contributed by atoms with Crippen molar-refractivity contribution in [1.29, 1.82) is 5.26 Å². The predicted molar refractivity (Wildman–Crippen MR) is 77.6 cm³/mol. The van der Waals surface area contributed by atoms with Crippen molar-refractivity contribution in [2.75, 3.05) is 0 Å². The van der Waals surface area contributed by atoms with Crippen molar-refractivity contribution in [1.82, 2.24) is 5.43 Å². The van der Waals surface area contributed by atoms with Crippen LogP contribution in [0.3, 0.4) is 0 Å². The number of carbonyl (C=O) groups excluding carboxylic acids is 1. The first-order valence-corrected chi connectivity index (χ1v) is 6.26. The molecule has 2 rings (SSSR count). The fourth-order valence-corrected chi connectivity index (χ4v) is 1.67. The van der Waals surface area contributed by atoms with E-state index < -0.39 is 11.7 Å². The molecule has 0 unspecified atom stereocenters. The molecule has 0 aliphatic rings. The second-order valence-corrected chi connectivity index (χ2v) is 4.49. The highest BCUT2D eigenvalue weighted by molar-refractivity contribution is 6.30. The topological polar surface area (TPSA) is 65.2 Å². The second kappa shape index (κ2) is 6.64. The minimum absolute atomic E-state index is 0.147. The first-order chi connectivity index (χ1) is 10.1. The standard InChI is InChI=1S/C15H9ClFN3O/c16-12-4-1-10(2-5-12)9-19-20-15(21)13-6-3-11(8-18)7-14(13)17/h1-7,9H,(H,20,21)/b19-9-. The van der Waals surface area contributed by atoms with Crippen LogP contribution in [0.1, 0.15) is 21.5 Å². The number of nitriles is 1. The molecule has 0 fully saturated rings. The third-order valence-electron chi connectivity index (χ3n) is 2.59. The van der Waals surface area contributed by atoms with E-state index in [4.69, 9.17) is 16.9 Å². The molecule has 1 amide bonds. The van der Waals surface area contributed by atoms with Crippen molar-refractivity contribution in [3.8, 4) is 6.07 Å². The monoisotopic (exact) mass is 301 g/mol. The number of benzene rings is 2. The van der Waals surface area contributed by atoms with Crippen LogP contribution in [-0.2, 0) is 0 Å². The quantitative estimate of drug-likeness (QED) is 0.699. The molecule has 4 nitrogen and oxygen atoms in total. The molecular weight excluding hydrogens is 293 g/mol. The van der Waals surface area contributed by atoms with Crippen molar-refractivity contribution < 1.29 is 9.18 Å². The number of halogens is 2. The van der Waals surface area contributed by atoms with E-state index in [1.807, 2.05) is 0 Å². The Morgan fingerprint density at radius 1 is 1.29 bits per heavy atom. The molecule has 0 heterocycles. The van der Waals surface area contributed by atoms with E-state index in [-0.39, 0.29) is 11.1 Å². The predicted octanol–water partition coefficient (Wildman–Crippen LogP) is 3.11. The number of rotatable bonds is 3. The highest BCUT2D eigenvalue weighted by Gasteiger charge is 2.11. The van der Waals surface area contributed by atoms with Gasteiger partial charge in [-0.15, -0.1) is 0 Å². The molecular formula is C15H9ClFN3O. The summed E-state index contributed by atoms with van der Waals surface area (Å²) in [5.41, 5.74) is 2.92. The zero-order chi connectivity index (χ0) is 15.2. The number of hydrogen-bond acceptors (Lipinski definition) is 3. The van der Waals surface area contributed by atoms with Crippen molar-refractivity contribution >= 4 is 23.7 Å². The Morgan fingerprint density at radius 2 is 2.00 bits per heavy atom. The first kappa shape index (κ1) is 14.7. The van der Waals surface area contributed by atoms with Crippen LogP contribution in [0.15, 0.2) is 47.6 Å². The lowest BCUT2D eigenvalue weighted by molar-refractivity contribution is 0.0951. The van der Waals surface area contributed by atoms with Gasteiger partial charge in [0.05, 0.1) is 23.4 Å². The van der Waals surface area contributed by atoms with E-state index in [2.05, 4.69) is 10.5 Å². The summed E-state index contributed by atoms with van der Waals surface area (Å²) < 4.78 is 13.6. The summed E-state index contributed by atoms with van der Waals surface area (Å²) in [6, 6.07) is 12.2. The molecule has 1 N–H and O–H groups in total. The molecule has 2 aromatic carbocycles. The zero-order valence-electron chi connectivity index (χ0n) is 10.7. The van der Waals surface area contributed by atoms with Gasteiger partial charge in [0.2, 0.25) is 0 Å². The summed E-state index contributed by atoms with van der Waals surface area (Å²) in [4.78, 5) is 11.7. The average molecular weight is 302 g/mol. The van der Waals surface area contributed by atoms with E-state index in [0.29, 0.717) is 5.02 Å². The van der Waals surface area contributed by atoms with E-state index in [1.54, 1.807) is 30.3 Å². The number of hydrazone groups is 1. The summed E-state index contributed by atoms with van der Waals surface area (Å²) >= 11 is 5.74. The Bertz CT molecular complexity index is 736. The zero-order valence-corrected chi connectivity index (χ0v) is 11.4. The molecule has 0 bridgehead atoms. The minimum Gasteiger partial charge on any atom is -0.267 e. The molecule has 21 heavy (non-hydrogen) atoms. The summed E-state index contributed by atoms with van der Waals surface area (Å²) in [6.45, 7) is 0. The number of amides is 1. The Kier molecular flexibility index (Phi) is 4.64. The number of nitrogens with zero attached hydrogens (tertiary/aromatic N) is 2. The lowest BCUT2D eigenvalue weighted by Crippen LogP contribution is -2.19. The smallest absolute Gasteiger partial charge is 0.267 e. The summed E-state index contributed by atoms with van der Waals surface area (Å²) in [5.74, 6) is -1.46. The van der Waals surface area contributed by atoms with Gasteiger partial charge < -0.3 is 0 Å². The van der Waals surface area contributed by atoms with Gasteiger partial charge in [-0.2, -0.15) is 10.4 Å². The Balaban J connectivity index is 2.05. The fraction of sp³-hybridized carbons (Fsp3) is 0. The van der Waals surface area contributed by atoms with Crippen LogP contribution in [0.25, 0.3) is 0 Å². The van der Waals surface area contributed by atoms with Crippen LogP contribution in [0.4, 0.5) is 4.39 Å². The summed E-state index contributed by atoms with van der Waals surface area (Å²) in [7, 11) is 0. The third kappa shape index (κ3) is 3.88. The number of nitrogens with one attached hydrogen (secondary N) is 1. The van der Waals surface area contributed by atoms with Gasteiger partial charge in [-0.05, 0) is 35.9 Å². The molecule has 0 aromatic heterocycles. The van der Waals surface area contributed by atoms with Gasteiger partial charge in [-0.25, -0.2) is 9.82 Å². The second-order valence-electron chi connectivity index (χ2n) is 4.06. The van der Waals surface area contributed by atoms with Gasteiger partial charge in [-0.1, -0.05) is 23.7 Å². The molecule has 104 valence electrons. The maximum absolute atomic E-state index is 13.6. The van der Waals surface area contributed by atoms with Crippen LogP contribution in [0.2, 0.25) is 5.02 Å². The van der Waals surface area contributed by atoms with Crippen molar-refractivity contribution in [3.63, 3.8) is 0 Å². The molecule has 0 spiro atoms. The van der Waals surface area contributed by atoms with Crippen LogP contribution in [0.5, 0.6) is 0 Å². The van der Waals surface area contributed by atoms with Gasteiger partial charge in [0.1, 0.15) is 5.82 Å². The molecule has 2 aromatic rings. The van der Waals surface area contributed by atoms with Crippen molar-refractivity contribution in [2.24, 2.45) is 5.10 Å². The Hall–Kier alpha value is -2.71. The van der Waals surface area contributed by atoms with Gasteiger partial charge in [0.15, 0.2) is 0 Å².